The van der Waals surface area contributed by atoms with Crippen LogP contribution in [-0.4, -0.2) is 13.0 Å². The van der Waals surface area contributed by atoms with E-state index in [-0.39, 0.29) is 5.68 Å². The molecule has 49 valence electrons. The van der Waals surface area contributed by atoms with E-state index in [0.717, 1.165) is 5.56 Å². The first-order chi connectivity index (χ1) is 4.84. The van der Waals surface area contributed by atoms with E-state index in [4.69, 9.17) is 0 Å². The van der Waals surface area contributed by atoms with Gasteiger partial charge < -0.3 is 4.79 Å². The molecule has 0 aliphatic carbocycles. The zero-order valence-corrected chi connectivity index (χ0v) is 5.87. The summed E-state index contributed by atoms with van der Waals surface area (Å²) in [6.45, 7) is 1.75. The highest BCUT2D eigenvalue weighted by atomic mass is 16.1. The molecule has 0 aliphatic heterocycles. The van der Waals surface area contributed by atoms with Gasteiger partial charge in [0.2, 0.25) is 7.28 Å². The zero-order valence-electron chi connectivity index (χ0n) is 5.87. The van der Waals surface area contributed by atoms with Gasteiger partial charge in [-0.05, 0) is 0 Å². The Balaban J connectivity index is 2.85. The smallest absolute Gasteiger partial charge is 0.205 e. The van der Waals surface area contributed by atoms with E-state index in [1.54, 1.807) is 14.1 Å². The van der Waals surface area contributed by atoms with Gasteiger partial charge in [0.25, 0.3) is 0 Å². The molecule has 0 saturated heterocycles. The Kier molecular flexibility index (Phi) is 2.27. The third-order valence-corrected chi connectivity index (χ3v) is 1.32. The summed E-state index contributed by atoms with van der Waals surface area (Å²) in [5.41, 5.74) is 0.839. The van der Waals surface area contributed by atoms with E-state index in [9.17, 15) is 4.79 Å². The first-order valence-electron chi connectivity index (χ1n) is 3.23. The third kappa shape index (κ3) is 1.47. The summed E-state index contributed by atoms with van der Waals surface area (Å²) < 4.78 is 0. The minimum Gasteiger partial charge on any atom is -0.307 e. The van der Waals surface area contributed by atoms with Crippen molar-refractivity contribution < 1.29 is 4.79 Å². The number of hydrogen-bond acceptors (Lipinski definition) is 1. The molecular weight excluding hydrogens is 123 g/mol. The van der Waals surface area contributed by atoms with Crippen LogP contribution in [0, 0.1) is 0 Å². The van der Waals surface area contributed by atoms with Crippen LogP contribution in [0.2, 0.25) is 6.82 Å². The molecule has 0 amide bonds. The Bertz CT molecular complexity index is 218. The van der Waals surface area contributed by atoms with E-state index < -0.39 is 0 Å². The van der Waals surface area contributed by atoms with Crippen LogP contribution < -0.4 is 0 Å². The summed E-state index contributed by atoms with van der Waals surface area (Å²) in [6, 6.07) is 9.23. The molecule has 0 aliphatic rings. The number of hydrogen-bond donors (Lipinski definition) is 0. The molecule has 1 aromatic carbocycles. The predicted octanol–water partition coefficient (Wildman–Crippen LogP) is 1.58. The maximum absolute atomic E-state index is 11.0. The van der Waals surface area contributed by atoms with Crippen molar-refractivity contribution in [3.05, 3.63) is 35.9 Å². The van der Waals surface area contributed by atoms with Crippen molar-refractivity contribution in [1.82, 2.24) is 0 Å². The molecule has 2 heteroatoms. The molecule has 0 fully saturated rings. The summed E-state index contributed by atoms with van der Waals surface area (Å²) in [5.74, 6) is 0. The van der Waals surface area contributed by atoms with Crippen LogP contribution in [0.5, 0.6) is 0 Å². The van der Waals surface area contributed by atoms with Crippen molar-refractivity contribution in [3.63, 3.8) is 0 Å². The monoisotopic (exact) mass is 131 g/mol. The summed E-state index contributed by atoms with van der Waals surface area (Å²) in [4.78, 5) is 11.0. The van der Waals surface area contributed by atoms with Gasteiger partial charge in [-0.15, -0.1) is 0 Å². The van der Waals surface area contributed by atoms with Crippen LogP contribution in [-0.2, 0) is 0 Å². The molecule has 1 radical (unpaired) electrons. The normalized spacial score (nSPS) is 8.90. The van der Waals surface area contributed by atoms with Gasteiger partial charge in [0.15, 0.2) is 0 Å². The van der Waals surface area contributed by atoms with Crippen molar-refractivity contribution >= 4 is 13.0 Å². The van der Waals surface area contributed by atoms with Crippen molar-refractivity contribution in [3.8, 4) is 0 Å². The van der Waals surface area contributed by atoms with Gasteiger partial charge in [-0.1, -0.05) is 37.2 Å². The molecule has 0 bridgehead atoms. The summed E-state index contributed by atoms with van der Waals surface area (Å²) in [6.07, 6.45) is 0. The van der Waals surface area contributed by atoms with E-state index >= 15 is 0 Å². The Labute approximate surface area is 61.3 Å². The van der Waals surface area contributed by atoms with Crippen LogP contribution in [0.15, 0.2) is 30.3 Å². The fourth-order valence-corrected chi connectivity index (χ4v) is 0.769. The second-order valence-corrected chi connectivity index (χ2v) is 2.02. The molecule has 0 spiro atoms. The van der Waals surface area contributed by atoms with E-state index in [0.29, 0.717) is 0 Å². The average molecular weight is 131 g/mol. The second kappa shape index (κ2) is 3.21. The molecule has 0 unspecified atom stereocenters. The van der Waals surface area contributed by atoms with Gasteiger partial charge in [-0.25, -0.2) is 0 Å². The van der Waals surface area contributed by atoms with E-state index in [1.165, 1.54) is 0 Å². The molecule has 0 saturated carbocycles. The highest BCUT2D eigenvalue weighted by molar-refractivity contribution is 6.76. The Morgan fingerprint density at radius 2 is 1.90 bits per heavy atom. The fraction of sp³-hybridized carbons (Fsp3) is 0.125. The molecule has 10 heavy (non-hydrogen) atoms. The van der Waals surface area contributed by atoms with E-state index in [1.807, 2.05) is 30.3 Å². The maximum atomic E-state index is 11.0. The van der Waals surface area contributed by atoms with Crippen LogP contribution in [0.25, 0.3) is 0 Å². The topological polar surface area (TPSA) is 17.1 Å². The first kappa shape index (κ1) is 7.07. The average Bonchev–Trinajstić information content (AvgIpc) is 2.05. The number of benzene rings is 1. The number of rotatable bonds is 2. The van der Waals surface area contributed by atoms with Gasteiger partial charge in [0.05, 0.1) is 0 Å². The fourth-order valence-electron chi connectivity index (χ4n) is 0.769. The van der Waals surface area contributed by atoms with Gasteiger partial charge in [-0.2, -0.15) is 0 Å². The summed E-state index contributed by atoms with van der Waals surface area (Å²) in [7, 11) is 1.56. The quantitative estimate of drug-likeness (QED) is 0.556. The van der Waals surface area contributed by atoms with Gasteiger partial charge in [-0.3, -0.25) is 0 Å². The molecular formula is C8H8BO. The lowest BCUT2D eigenvalue weighted by Crippen LogP contribution is -2.04. The van der Waals surface area contributed by atoms with Crippen molar-refractivity contribution in [1.29, 1.82) is 0 Å². The molecule has 1 nitrogen and oxygen atoms in total. The third-order valence-electron chi connectivity index (χ3n) is 1.32. The lowest BCUT2D eigenvalue weighted by Gasteiger charge is -1.93. The van der Waals surface area contributed by atoms with E-state index in [2.05, 4.69) is 0 Å². The highest BCUT2D eigenvalue weighted by Gasteiger charge is 1.99. The van der Waals surface area contributed by atoms with Crippen molar-refractivity contribution in [2.75, 3.05) is 0 Å². The van der Waals surface area contributed by atoms with Crippen LogP contribution in [0.1, 0.15) is 10.4 Å². The first-order valence-corrected chi connectivity index (χ1v) is 3.23. The Morgan fingerprint density at radius 3 is 2.40 bits per heavy atom. The molecule has 0 atom stereocenters. The van der Waals surface area contributed by atoms with Gasteiger partial charge >= 0.3 is 0 Å². The van der Waals surface area contributed by atoms with Crippen LogP contribution in [0.3, 0.4) is 0 Å². The van der Waals surface area contributed by atoms with Crippen LogP contribution >= 0.6 is 0 Å². The summed E-state index contributed by atoms with van der Waals surface area (Å²) in [5, 5.41) is 0. The van der Waals surface area contributed by atoms with Gasteiger partial charge in [0, 0.05) is 5.56 Å². The second-order valence-electron chi connectivity index (χ2n) is 2.02. The molecule has 0 heterocycles. The predicted molar refractivity (Wildman–Crippen MR) is 42.4 cm³/mol. The SMILES string of the molecule is C[B]C(=O)c1ccccc1. The minimum absolute atomic E-state index is 0.0839. The largest absolute Gasteiger partial charge is 0.307 e. The lowest BCUT2D eigenvalue weighted by molar-refractivity contribution is 0.107. The number of carbonyl (C=O) groups is 1. The van der Waals surface area contributed by atoms with Crippen molar-refractivity contribution in [2.45, 2.75) is 6.82 Å². The molecule has 0 aromatic heterocycles. The van der Waals surface area contributed by atoms with Crippen molar-refractivity contribution in [2.24, 2.45) is 0 Å². The Hall–Kier alpha value is -1.05. The minimum atomic E-state index is 0.0839. The molecule has 1 rings (SSSR count). The number of carbonyl (C=O) groups excluding carboxylic acids is 1. The summed E-state index contributed by atoms with van der Waals surface area (Å²) >= 11 is 0. The molecule has 1 aromatic rings. The van der Waals surface area contributed by atoms with Gasteiger partial charge in [0.1, 0.15) is 5.68 Å². The standard InChI is InChI=1S/C8H8BO/c1-9-8(10)7-5-3-2-4-6-7/h2-6H,1H3. The maximum Gasteiger partial charge on any atom is 0.205 e. The highest BCUT2D eigenvalue weighted by Crippen LogP contribution is 1.97. The molecule has 0 N–H and O–H groups in total. The Morgan fingerprint density at radius 1 is 1.30 bits per heavy atom. The lowest BCUT2D eigenvalue weighted by atomic mass is 9.73. The zero-order chi connectivity index (χ0) is 7.40. The van der Waals surface area contributed by atoms with Crippen LogP contribution in [0.4, 0.5) is 0 Å².